The summed E-state index contributed by atoms with van der Waals surface area (Å²) in [5.41, 5.74) is 5.00. The Morgan fingerprint density at radius 1 is 0.952 bits per heavy atom. The molecule has 2 aromatic heterocycles. The van der Waals surface area contributed by atoms with E-state index in [0.717, 1.165) is 35.2 Å². The summed E-state index contributed by atoms with van der Waals surface area (Å²) in [7, 11) is 0. The van der Waals surface area contributed by atoms with Crippen LogP contribution in [0.2, 0.25) is 15.1 Å². The number of aryl methyl sites for hydroxylation is 1. The van der Waals surface area contributed by atoms with E-state index in [1.807, 2.05) is 36.4 Å². The van der Waals surface area contributed by atoms with E-state index in [1.165, 1.54) is 29.0 Å². The number of hydrogen-bond donors (Lipinski definition) is 0. The fraction of sp³-hybridized carbons (Fsp3) is 0.0968. The number of benzene rings is 3. The van der Waals surface area contributed by atoms with Gasteiger partial charge in [-0.2, -0.15) is 0 Å². The molecular weight excluding hydrogens is 617 g/mol. The Bertz CT molecular complexity index is 2160. The van der Waals surface area contributed by atoms with Crippen molar-refractivity contribution < 1.29 is 9.34 Å². The van der Waals surface area contributed by atoms with Gasteiger partial charge >= 0.3 is 0 Å². The van der Waals surface area contributed by atoms with Crippen LogP contribution in [0.4, 0.5) is 5.69 Å². The van der Waals surface area contributed by atoms with Gasteiger partial charge in [-0.25, -0.2) is 4.99 Å². The quantitative estimate of drug-likeness (QED) is 0.152. The van der Waals surface area contributed by atoms with Crippen LogP contribution in [-0.4, -0.2) is 9.49 Å². The first-order valence-corrected chi connectivity index (χ1v) is 14.9. The maximum Gasteiger partial charge on any atom is 0.289 e. The summed E-state index contributed by atoms with van der Waals surface area (Å²) in [6.07, 6.45) is 3.27. The standard InChI is InChI=1S/C31H18Cl3N3O4S/c32-22-8-4-3-7-19(22)29-20-11-9-16-5-1-2-6-18(16)28(20)35-31-36(29)30(38)27(42-31)13-17-10-12-26(41-17)21-14-24(34)25(37(39)40)15-23(21)33/h1-8,10,12-15,29H,9,11H2/b27-13+/t29-/m1/s1. The fourth-order valence-electron chi connectivity index (χ4n) is 5.57. The van der Waals surface area contributed by atoms with Gasteiger partial charge in [-0.1, -0.05) is 88.6 Å². The zero-order chi connectivity index (χ0) is 29.1. The summed E-state index contributed by atoms with van der Waals surface area (Å²) in [6, 6.07) is 21.4. The number of fused-ring (bicyclic) bond motifs is 3. The normalized spacial score (nSPS) is 16.1. The molecule has 0 radical (unpaired) electrons. The van der Waals surface area contributed by atoms with Crippen molar-refractivity contribution in [2.24, 2.45) is 4.99 Å². The molecular formula is C31H18Cl3N3O4S. The molecule has 11 heteroatoms. The van der Waals surface area contributed by atoms with Crippen molar-refractivity contribution >= 4 is 63.6 Å². The first-order valence-electron chi connectivity index (χ1n) is 12.9. The Labute approximate surface area is 257 Å². The molecule has 5 aromatic rings. The number of hydrogen-bond acceptors (Lipinski definition) is 6. The molecule has 1 aliphatic heterocycles. The van der Waals surface area contributed by atoms with Gasteiger partial charge in [0, 0.05) is 28.3 Å². The van der Waals surface area contributed by atoms with Crippen molar-refractivity contribution in [1.29, 1.82) is 0 Å². The van der Waals surface area contributed by atoms with Gasteiger partial charge in [-0.05, 0) is 53.8 Å². The Balaban J connectivity index is 1.38. The Hall–Kier alpha value is -3.95. The number of nitro benzene ring substituents is 1. The largest absolute Gasteiger partial charge is 0.457 e. The van der Waals surface area contributed by atoms with Crippen molar-refractivity contribution in [2.45, 2.75) is 18.9 Å². The molecule has 0 amide bonds. The summed E-state index contributed by atoms with van der Waals surface area (Å²) in [5, 5.41) is 11.9. The molecule has 0 N–H and O–H groups in total. The van der Waals surface area contributed by atoms with Gasteiger partial charge in [0.1, 0.15) is 16.5 Å². The van der Waals surface area contributed by atoms with E-state index in [9.17, 15) is 14.9 Å². The average Bonchev–Trinajstić information content (AvgIpc) is 3.57. The Morgan fingerprint density at radius 2 is 1.74 bits per heavy atom. The lowest BCUT2D eigenvalue weighted by Crippen LogP contribution is -2.38. The highest BCUT2D eigenvalue weighted by Gasteiger charge is 2.33. The number of allylic oxidation sites excluding steroid dienone is 1. The highest BCUT2D eigenvalue weighted by Crippen LogP contribution is 2.43. The average molecular weight is 635 g/mol. The van der Waals surface area contributed by atoms with E-state index in [-0.39, 0.29) is 21.3 Å². The monoisotopic (exact) mass is 633 g/mol. The lowest BCUT2D eigenvalue weighted by atomic mass is 9.83. The highest BCUT2D eigenvalue weighted by molar-refractivity contribution is 7.07. The summed E-state index contributed by atoms with van der Waals surface area (Å²) < 4.78 is 8.16. The van der Waals surface area contributed by atoms with E-state index in [0.29, 0.717) is 31.4 Å². The molecule has 0 unspecified atom stereocenters. The minimum Gasteiger partial charge on any atom is -0.457 e. The topological polar surface area (TPSA) is 90.6 Å². The van der Waals surface area contributed by atoms with Gasteiger partial charge in [-0.3, -0.25) is 19.5 Å². The zero-order valence-electron chi connectivity index (χ0n) is 21.5. The van der Waals surface area contributed by atoms with Crippen LogP contribution in [0.25, 0.3) is 23.1 Å². The summed E-state index contributed by atoms with van der Waals surface area (Å²) in [6.45, 7) is 0. The maximum atomic E-state index is 14.0. The predicted molar refractivity (Wildman–Crippen MR) is 165 cm³/mol. The fourth-order valence-corrected chi connectivity index (χ4v) is 7.27. The van der Waals surface area contributed by atoms with Crippen LogP contribution in [0.1, 0.15) is 34.9 Å². The lowest BCUT2D eigenvalue weighted by molar-refractivity contribution is -0.384. The van der Waals surface area contributed by atoms with Crippen LogP contribution in [0.3, 0.4) is 0 Å². The molecule has 0 fully saturated rings. The van der Waals surface area contributed by atoms with Crippen LogP contribution < -0.4 is 14.9 Å². The molecule has 2 aliphatic rings. The van der Waals surface area contributed by atoms with E-state index < -0.39 is 11.0 Å². The SMILES string of the molecule is O=c1/c(=C\c2ccc(-c3cc(Cl)c([N+](=O)[O-])cc3Cl)o2)sc2n1[C@H](c1ccccc1Cl)C1=C(N=2)c2ccccc2CC1. The number of aromatic nitrogens is 1. The van der Waals surface area contributed by atoms with Gasteiger partial charge in [0.2, 0.25) is 0 Å². The molecule has 3 aromatic carbocycles. The van der Waals surface area contributed by atoms with Crippen molar-refractivity contribution in [3.8, 4) is 11.3 Å². The second-order valence-electron chi connectivity index (χ2n) is 9.88. The summed E-state index contributed by atoms with van der Waals surface area (Å²) in [5.74, 6) is 0.765. The van der Waals surface area contributed by atoms with Gasteiger partial charge < -0.3 is 4.42 Å². The molecule has 0 saturated heterocycles. The molecule has 0 bridgehead atoms. The smallest absolute Gasteiger partial charge is 0.289 e. The molecule has 3 heterocycles. The van der Waals surface area contributed by atoms with Gasteiger partial charge in [0.25, 0.3) is 11.2 Å². The maximum absolute atomic E-state index is 14.0. The summed E-state index contributed by atoms with van der Waals surface area (Å²) in [4.78, 5) is 30.2. The van der Waals surface area contributed by atoms with Crippen LogP contribution in [-0.2, 0) is 6.42 Å². The third kappa shape index (κ3) is 4.42. The molecule has 7 nitrogen and oxygen atoms in total. The minimum atomic E-state index is -0.600. The minimum absolute atomic E-state index is 0.0595. The number of nitro groups is 1. The highest BCUT2D eigenvalue weighted by atomic mass is 35.5. The first kappa shape index (κ1) is 26.9. The zero-order valence-corrected chi connectivity index (χ0v) is 24.6. The molecule has 42 heavy (non-hydrogen) atoms. The lowest BCUT2D eigenvalue weighted by Gasteiger charge is -2.31. The second kappa shape index (κ2) is 10.4. The number of furan rings is 1. The summed E-state index contributed by atoms with van der Waals surface area (Å²) >= 11 is 20.4. The predicted octanol–water partition coefficient (Wildman–Crippen LogP) is 7.45. The molecule has 1 atom stereocenters. The number of nitrogens with zero attached hydrogens (tertiary/aromatic N) is 3. The van der Waals surface area contributed by atoms with Crippen molar-refractivity contribution in [1.82, 2.24) is 4.57 Å². The third-order valence-corrected chi connectivity index (χ3v) is 9.41. The van der Waals surface area contributed by atoms with Gasteiger partial charge in [0.05, 0.1) is 26.2 Å². The molecule has 0 saturated carbocycles. The first-order chi connectivity index (χ1) is 20.3. The van der Waals surface area contributed by atoms with Crippen molar-refractivity contribution in [2.75, 3.05) is 0 Å². The Kier molecular flexibility index (Phi) is 6.66. The van der Waals surface area contributed by atoms with Crippen molar-refractivity contribution in [3.63, 3.8) is 0 Å². The van der Waals surface area contributed by atoms with Crippen LogP contribution >= 0.6 is 46.1 Å². The van der Waals surface area contributed by atoms with Gasteiger partial charge in [0.15, 0.2) is 4.80 Å². The van der Waals surface area contributed by atoms with Crippen LogP contribution in [0.5, 0.6) is 0 Å². The van der Waals surface area contributed by atoms with E-state index in [1.54, 1.807) is 22.8 Å². The van der Waals surface area contributed by atoms with E-state index >= 15 is 0 Å². The molecule has 0 spiro atoms. The van der Waals surface area contributed by atoms with Crippen LogP contribution in [0, 0.1) is 10.1 Å². The van der Waals surface area contributed by atoms with E-state index in [4.69, 9.17) is 44.2 Å². The number of thiazole rings is 1. The molecule has 7 rings (SSSR count). The second-order valence-corrected chi connectivity index (χ2v) is 12.1. The Morgan fingerprint density at radius 3 is 2.55 bits per heavy atom. The molecule has 208 valence electrons. The third-order valence-electron chi connectivity index (χ3n) is 7.47. The number of rotatable bonds is 4. The number of halogens is 3. The van der Waals surface area contributed by atoms with Crippen LogP contribution in [0.15, 0.2) is 92.6 Å². The van der Waals surface area contributed by atoms with Crippen molar-refractivity contribution in [3.05, 3.63) is 146 Å². The molecule has 1 aliphatic carbocycles. The van der Waals surface area contributed by atoms with E-state index in [2.05, 4.69) is 12.1 Å². The van der Waals surface area contributed by atoms with Gasteiger partial charge in [-0.15, -0.1) is 0 Å².